The summed E-state index contributed by atoms with van der Waals surface area (Å²) in [6.45, 7) is 6.81. The number of para-hydroxylation sites is 1. The van der Waals surface area contributed by atoms with Crippen LogP contribution in [-0.4, -0.2) is 22.2 Å². The Morgan fingerprint density at radius 3 is 2.24 bits per heavy atom. The van der Waals surface area contributed by atoms with Crippen molar-refractivity contribution in [3.63, 3.8) is 0 Å². The van der Waals surface area contributed by atoms with Crippen molar-refractivity contribution in [1.29, 1.82) is 0 Å². The van der Waals surface area contributed by atoms with Crippen molar-refractivity contribution in [1.82, 2.24) is 9.13 Å². The summed E-state index contributed by atoms with van der Waals surface area (Å²) in [4.78, 5) is 39.1. The van der Waals surface area contributed by atoms with E-state index in [-0.39, 0.29) is 23.7 Å². The van der Waals surface area contributed by atoms with Gasteiger partial charge < -0.3 is 10.1 Å². The minimum absolute atomic E-state index is 0.112. The number of hydrogen-bond acceptors (Lipinski definition) is 4. The summed E-state index contributed by atoms with van der Waals surface area (Å²) in [6.07, 6.45) is 1.38. The highest BCUT2D eigenvalue weighted by atomic mass is 16.5. The number of carbonyl (C=O) groups is 1. The molecule has 7 nitrogen and oxygen atoms in total. The summed E-state index contributed by atoms with van der Waals surface area (Å²) >= 11 is 0. The Bertz CT molecular complexity index is 1530. The highest BCUT2D eigenvalue weighted by Gasteiger charge is 2.15. The van der Waals surface area contributed by atoms with Crippen molar-refractivity contribution >= 4 is 22.5 Å². The Kier molecular flexibility index (Phi) is 7.92. The first-order chi connectivity index (χ1) is 17.8. The van der Waals surface area contributed by atoms with E-state index in [1.807, 2.05) is 18.2 Å². The van der Waals surface area contributed by atoms with Crippen LogP contribution < -0.4 is 21.3 Å². The fourth-order valence-electron chi connectivity index (χ4n) is 4.79. The van der Waals surface area contributed by atoms with Crippen LogP contribution in [0.3, 0.4) is 0 Å². The number of hydrogen-bond donors (Lipinski definition) is 1. The Morgan fingerprint density at radius 2 is 1.57 bits per heavy atom. The number of nitrogens with one attached hydrogen (secondary N) is 1. The zero-order valence-electron chi connectivity index (χ0n) is 21.8. The number of nitrogens with zero attached hydrogens (tertiary/aromatic N) is 2. The first-order valence-electron chi connectivity index (χ1n) is 12.5. The molecule has 0 saturated carbocycles. The third kappa shape index (κ3) is 5.82. The van der Waals surface area contributed by atoms with Crippen molar-refractivity contribution < 1.29 is 9.53 Å². The topological polar surface area (TPSA) is 82.3 Å². The Morgan fingerprint density at radius 1 is 0.892 bits per heavy atom. The number of aryl methyl sites for hydroxylation is 3. The second-order valence-electron chi connectivity index (χ2n) is 9.45. The molecular weight excluding hydrogens is 466 g/mol. The molecule has 1 heterocycles. The van der Waals surface area contributed by atoms with E-state index in [2.05, 4.69) is 38.2 Å². The molecule has 1 aromatic heterocycles. The van der Waals surface area contributed by atoms with Crippen LogP contribution in [0.25, 0.3) is 10.9 Å². The molecule has 0 unspecified atom stereocenters. The minimum Gasteiger partial charge on any atom is -0.497 e. The molecule has 4 rings (SSSR count). The molecule has 7 heteroatoms. The molecule has 37 heavy (non-hydrogen) atoms. The van der Waals surface area contributed by atoms with E-state index in [4.69, 9.17) is 4.74 Å². The predicted octanol–water partition coefficient (Wildman–Crippen LogP) is 4.95. The number of unbranched alkanes of at least 4 members (excludes halogenated alkanes) is 1. The summed E-state index contributed by atoms with van der Waals surface area (Å²) in [6, 6.07) is 18.6. The molecule has 0 fully saturated rings. The van der Waals surface area contributed by atoms with Crippen molar-refractivity contribution in [2.24, 2.45) is 0 Å². The number of amides is 1. The normalized spacial score (nSPS) is 11.0. The number of anilines is 1. The van der Waals surface area contributed by atoms with Gasteiger partial charge in [-0.05, 0) is 86.7 Å². The van der Waals surface area contributed by atoms with E-state index >= 15 is 0 Å². The zero-order valence-corrected chi connectivity index (χ0v) is 21.8. The van der Waals surface area contributed by atoms with Crippen molar-refractivity contribution in [2.45, 2.75) is 53.1 Å². The fourth-order valence-corrected chi connectivity index (χ4v) is 4.79. The molecule has 0 aliphatic carbocycles. The second-order valence-corrected chi connectivity index (χ2v) is 9.45. The third-order valence-corrected chi connectivity index (χ3v) is 6.70. The molecule has 0 bridgehead atoms. The molecule has 3 aromatic carbocycles. The predicted molar refractivity (Wildman–Crippen MR) is 148 cm³/mol. The van der Waals surface area contributed by atoms with E-state index in [1.54, 1.807) is 42.0 Å². The van der Waals surface area contributed by atoms with E-state index in [9.17, 15) is 14.4 Å². The number of carbonyl (C=O) groups excluding carboxylic acids is 1. The zero-order chi connectivity index (χ0) is 26.5. The number of rotatable bonds is 9. The van der Waals surface area contributed by atoms with Gasteiger partial charge in [-0.2, -0.15) is 0 Å². The van der Waals surface area contributed by atoms with Crippen LogP contribution in [0.2, 0.25) is 0 Å². The quantitative estimate of drug-likeness (QED) is 0.330. The van der Waals surface area contributed by atoms with E-state index < -0.39 is 0 Å². The standard InChI is InChI=1S/C30H33N3O4/c1-20-17-21(2)26(22(3)18-20)19-33-27-10-6-5-9-25(27)29(35)32(30(33)36)16-8-7-11-28(34)31-23-12-14-24(37-4)15-13-23/h5-6,9-10,12-15,17-18H,7-8,11,16,19H2,1-4H3,(H,31,34). The lowest BCUT2D eigenvalue weighted by molar-refractivity contribution is -0.116. The number of benzene rings is 3. The van der Waals surface area contributed by atoms with Crippen LogP contribution in [0.15, 0.2) is 70.3 Å². The van der Waals surface area contributed by atoms with Gasteiger partial charge in [-0.1, -0.05) is 29.8 Å². The maximum Gasteiger partial charge on any atom is 0.331 e. The molecule has 1 N–H and O–H groups in total. The van der Waals surface area contributed by atoms with E-state index in [0.717, 1.165) is 22.4 Å². The summed E-state index contributed by atoms with van der Waals surface area (Å²) in [5.74, 6) is 0.607. The van der Waals surface area contributed by atoms with Gasteiger partial charge in [0.05, 0.1) is 24.6 Å². The van der Waals surface area contributed by atoms with E-state index in [0.29, 0.717) is 42.4 Å². The summed E-state index contributed by atoms with van der Waals surface area (Å²) in [7, 11) is 1.59. The van der Waals surface area contributed by atoms with Crippen LogP contribution >= 0.6 is 0 Å². The summed E-state index contributed by atoms with van der Waals surface area (Å²) in [5, 5.41) is 3.38. The lowest BCUT2D eigenvalue weighted by atomic mass is 9.99. The van der Waals surface area contributed by atoms with Gasteiger partial charge in [0.25, 0.3) is 5.56 Å². The van der Waals surface area contributed by atoms with Crippen molar-refractivity contribution in [2.75, 3.05) is 12.4 Å². The van der Waals surface area contributed by atoms with Crippen LogP contribution in [0.1, 0.15) is 41.5 Å². The van der Waals surface area contributed by atoms with Crippen molar-refractivity contribution in [3.8, 4) is 5.75 Å². The molecule has 4 aromatic rings. The average molecular weight is 500 g/mol. The van der Waals surface area contributed by atoms with Gasteiger partial charge in [0.1, 0.15) is 5.75 Å². The third-order valence-electron chi connectivity index (χ3n) is 6.70. The smallest absolute Gasteiger partial charge is 0.331 e. The lowest BCUT2D eigenvalue weighted by Gasteiger charge is -2.17. The molecule has 192 valence electrons. The maximum atomic E-state index is 13.6. The van der Waals surface area contributed by atoms with Gasteiger partial charge in [-0.25, -0.2) is 4.79 Å². The molecule has 0 radical (unpaired) electrons. The Labute approximate surface area is 216 Å². The molecule has 0 aliphatic rings. The number of fused-ring (bicyclic) bond motifs is 1. The van der Waals surface area contributed by atoms with Crippen LogP contribution in [-0.2, 0) is 17.9 Å². The fraction of sp³-hybridized carbons (Fsp3) is 0.300. The molecular formula is C30H33N3O4. The number of aromatic nitrogens is 2. The maximum absolute atomic E-state index is 13.6. The lowest BCUT2D eigenvalue weighted by Crippen LogP contribution is -2.40. The van der Waals surface area contributed by atoms with Gasteiger partial charge in [0.15, 0.2) is 0 Å². The monoisotopic (exact) mass is 499 g/mol. The second kappa shape index (κ2) is 11.3. The minimum atomic E-state index is -0.328. The molecule has 0 atom stereocenters. The molecule has 0 saturated heterocycles. The van der Waals surface area contributed by atoms with Gasteiger partial charge in [-0.15, -0.1) is 0 Å². The summed E-state index contributed by atoms with van der Waals surface area (Å²) < 4.78 is 8.13. The van der Waals surface area contributed by atoms with Crippen molar-refractivity contribution in [3.05, 3.63) is 104 Å². The van der Waals surface area contributed by atoms with Gasteiger partial charge in [0, 0.05) is 18.7 Å². The Hall–Kier alpha value is -4.13. The van der Waals surface area contributed by atoms with Crippen LogP contribution in [0.5, 0.6) is 5.75 Å². The average Bonchev–Trinajstić information content (AvgIpc) is 2.87. The Balaban J connectivity index is 1.52. The van der Waals surface area contributed by atoms with Gasteiger partial charge in [-0.3, -0.25) is 18.7 Å². The largest absolute Gasteiger partial charge is 0.497 e. The van der Waals surface area contributed by atoms with Gasteiger partial charge in [0.2, 0.25) is 5.91 Å². The molecule has 0 spiro atoms. The number of ether oxygens (including phenoxy) is 1. The van der Waals surface area contributed by atoms with Crippen LogP contribution in [0.4, 0.5) is 5.69 Å². The number of methoxy groups -OCH3 is 1. The summed E-state index contributed by atoms with van der Waals surface area (Å²) in [5.41, 5.74) is 5.20. The van der Waals surface area contributed by atoms with Crippen LogP contribution in [0, 0.1) is 20.8 Å². The highest BCUT2D eigenvalue weighted by Crippen LogP contribution is 2.19. The molecule has 0 aliphatic heterocycles. The SMILES string of the molecule is COc1ccc(NC(=O)CCCCn2c(=O)c3ccccc3n(Cc3c(C)cc(C)cc3C)c2=O)cc1. The molecule has 1 amide bonds. The van der Waals surface area contributed by atoms with E-state index in [1.165, 1.54) is 10.1 Å². The van der Waals surface area contributed by atoms with Gasteiger partial charge >= 0.3 is 5.69 Å². The first kappa shape index (κ1) is 25.9. The first-order valence-corrected chi connectivity index (χ1v) is 12.5. The highest BCUT2D eigenvalue weighted by molar-refractivity contribution is 5.90.